The molecule has 0 atom stereocenters. The molecule has 1 aromatic carbocycles. The lowest BCUT2D eigenvalue weighted by Crippen LogP contribution is -2.35. The molecular formula is C15H21N3. The van der Waals surface area contributed by atoms with Crippen LogP contribution in [0.15, 0.2) is 24.3 Å². The molecule has 0 bridgehead atoms. The van der Waals surface area contributed by atoms with E-state index in [4.69, 9.17) is 5.26 Å². The number of hydrogen-bond donors (Lipinski definition) is 1. The monoisotopic (exact) mass is 243 g/mol. The summed E-state index contributed by atoms with van der Waals surface area (Å²) in [6.07, 6.45) is 4.11. The van der Waals surface area contributed by atoms with E-state index in [1.165, 1.54) is 37.9 Å². The van der Waals surface area contributed by atoms with Crippen LogP contribution in [0.4, 0.5) is 0 Å². The highest BCUT2D eigenvalue weighted by molar-refractivity contribution is 5.31. The number of benzene rings is 1. The molecule has 0 aliphatic carbocycles. The van der Waals surface area contributed by atoms with Gasteiger partial charge in [-0.25, -0.2) is 0 Å². The van der Waals surface area contributed by atoms with Gasteiger partial charge in [0.15, 0.2) is 0 Å². The van der Waals surface area contributed by atoms with Crippen molar-refractivity contribution in [3.05, 3.63) is 35.4 Å². The third kappa shape index (κ3) is 4.14. The fraction of sp³-hybridized carbons (Fsp3) is 0.533. The Morgan fingerprint density at radius 1 is 1.11 bits per heavy atom. The first kappa shape index (κ1) is 13.1. The van der Waals surface area contributed by atoms with Gasteiger partial charge in [0.25, 0.3) is 0 Å². The maximum atomic E-state index is 8.72. The molecule has 3 nitrogen and oxygen atoms in total. The second-order valence-electron chi connectivity index (χ2n) is 4.89. The molecular weight excluding hydrogens is 222 g/mol. The SMILES string of the molecule is N#Cc1ccc(CNCCN2CCCCC2)cc1. The van der Waals surface area contributed by atoms with Gasteiger partial charge < -0.3 is 10.2 Å². The van der Waals surface area contributed by atoms with Gasteiger partial charge in [0, 0.05) is 19.6 Å². The number of nitrogens with one attached hydrogen (secondary N) is 1. The zero-order valence-corrected chi connectivity index (χ0v) is 10.9. The molecule has 1 heterocycles. The average molecular weight is 243 g/mol. The fourth-order valence-electron chi connectivity index (χ4n) is 2.35. The maximum Gasteiger partial charge on any atom is 0.0991 e. The highest BCUT2D eigenvalue weighted by atomic mass is 15.1. The Kier molecular flexibility index (Phi) is 5.19. The molecule has 0 aromatic heterocycles. The second kappa shape index (κ2) is 7.15. The van der Waals surface area contributed by atoms with Crippen LogP contribution in [0.3, 0.4) is 0 Å². The topological polar surface area (TPSA) is 39.1 Å². The van der Waals surface area contributed by atoms with E-state index < -0.39 is 0 Å². The lowest BCUT2D eigenvalue weighted by Gasteiger charge is -2.26. The van der Waals surface area contributed by atoms with Crippen molar-refractivity contribution in [1.82, 2.24) is 10.2 Å². The van der Waals surface area contributed by atoms with Crippen molar-refractivity contribution in [2.45, 2.75) is 25.8 Å². The first-order valence-electron chi connectivity index (χ1n) is 6.80. The summed E-state index contributed by atoms with van der Waals surface area (Å²) < 4.78 is 0. The van der Waals surface area contributed by atoms with Crippen LogP contribution in [-0.4, -0.2) is 31.1 Å². The molecule has 1 saturated heterocycles. The number of piperidine rings is 1. The van der Waals surface area contributed by atoms with E-state index in [1.807, 2.05) is 24.3 Å². The van der Waals surface area contributed by atoms with Crippen LogP contribution in [0.2, 0.25) is 0 Å². The van der Waals surface area contributed by atoms with Crippen molar-refractivity contribution in [3.63, 3.8) is 0 Å². The van der Waals surface area contributed by atoms with E-state index in [0.717, 1.165) is 25.2 Å². The average Bonchev–Trinajstić information content (AvgIpc) is 2.45. The summed E-state index contributed by atoms with van der Waals surface area (Å²) in [7, 11) is 0. The minimum absolute atomic E-state index is 0.729. The quantitative estimate of drug-likeness (QED) is 0.805. The highest BCUT2D eigenvalue weighted by Gasteiger charge is 2.08. The standard InChI is InChI=1S/C15H21N3/c16-12-14-4-6-15(7-5-14)13-17-8-11-18-9-2-1-3-10-18/h4-7,17H,1-3,8-11,13H2. The van der Waals surface area contributed by atoms with Gasteiger partial charge in [-0.05, 0) is 43.6 Å². The Morgan fingerprint density at radius 2 is 1.83 bits per heavy atom. The molecule has 1 aromatic rings. The first-order chi connectivity index (χ1) is 8.88. The van der Waals surface area contributed by atoms with E-state index in [-0.39, 0.29) is 0 Å². The number of hydrogen-bond acceptors (Lipinski definition) is 3. The van der Waals surface area contributed by atoms with Crippen LogP contribution in [0.5, 0.6) is 0 Å². The number of likely N-dealkylation sites (tertiary alicyclic amines) is 1. The molecule has 18 heavy (non-hydrogen) atoms. The van der Waals surface area contributed by atoms with Crippen LogP contribution in [-0.2, 0) is 6.54 Å². The lowest BCUT2D eigenvalue weighted by molar-refractivity contribution is 0.229. The molecule has 3 heteroatoms. The summed E-state index contributed by atoms with van der Waals surface area (Å²) in [5, 5.41) is 12.2. The van der Waals surface area contributed by atoms with E-state index in [2.05, 4.69) is 16.3 Å². The molecule has 2 rings (SSSR count). The van der Waals surface area contributed by atoms with Crippen LogP contribution < -0.4 is 5.32 Å². The number of nitriles is 1. The van der Waals surface area contributed by atoms with Gasteiger partial charge in [-0.3, -0.25) is 0 Å². The summed E-state index contributed by atoms with van der Waals surface area (Å²) in [5.41, 5.74) is 1.97. The van der Waals surface area contributed by atoms with Crippen molar-refractivity contribution in [3.8, 4) is 6.07 Å². The van der Waals surface area contributed by atoms with Crippen LogP contribution in [0.1, 0.15) is 30.4 Å². The van der Waals surface area contributed by atoms with Crippen LogP contribution >= 0.6 is 0 Å². The Hall–Kier alpha value is -1.37. The molecule has 1 N–H and O–H groups in total. The summed E-state index contributed by atoms with van der Waals surface area (Å²) in [4.78, 5) is 2.54. The molecule has 0 unspecified atom stereocenters. The minimum atomic E-state index is 0.729. The number of rotatable bonds is 5. The third-order valence-corrected chi connectivity index (χ3v) is 3.47. The third-order valence-electron chi connectivity index (χ3n) is 3.47. The van der Waals surface area contributed by atoms with E-state index >= 15 is 0 Å². The summed E-state index contributed by atoms with van der Waals surface area (Å²) >= 11 is 0. The zero-order chi connectivity index (χ0) is 12.6. The zero-order valence-electron chi connectivity index (χ0n) is 10.9. The normalized spacial score (nSPS) is 16.4. The molecule has 1 aliphatic heterocycles. The van der Waals surface area contributed by atoms with Gasteiger partial charge in [0.2, 0.25) is 0 Å². The van der Waals surface area contributed by atoms with Crippen molar-refractivity contribution in [2.24, 2.45) is 0 Å². The summed E-state index contributed by atoms with van der Waals surface area (Å²) in [6, 6.07) is 9.93. The molecule has 1 fully saturated rings. The lowest BCUT2D eigenvalue weighted by atomic mass is 10.1. The fourth-order valence-corrected chi connectivity index (χ4v) is 2.35. The first-order valence-corrected chi connectivity index (χ1v) is 6.80. The Balaban J connectivity index is 1.63. The van der Waals surface area contributed by atoms with Crippen molar-refractivity contribution < 1.29 is 0 Å². The summed E-state index contributed by atoms with van der Waals surface area (Å²) in [5.74, 6) is 0. The van der Waals surface area contributed by atoms with E-state index in [9.17, 15) is 0 Å². The largest absolute Gasteiger partial charge is 0.311 e. The maximum absolute atomic E-state index is 8.72. The van der Waals surface area contributed by atoms with E-state index in [1.54, 1.807) is 0 Å². The van der Waals surface area contributed by atoms with Crippen LogP contribution in [0.25, 0.3) is 0 Å². The number of nitrogens with zero attached hydrogens (tertiary/aromatic N) is 2. The smallest absolute Gasteiger partial charge is 0.0991 e. The van der Waals surface area contributed by atoms with Gasteiger partial charge in [0.05, 0.1) is 11.6 Å². The van der Waals surface area contributed by atoms with Crippen molar-refractivity contribution in [2.75, 3.05) is 26.2 Å². The highest BCUT2D eigenvalue weighted by Crippen LogP contribution is 2.07. The molecule has 0 spiro atoms. The minimum Gasteiger partial charge on any atom is -0.311 e. The van der Waals surface area contributed by atoms with Gasteiger partial charge >= 0.3 is 0 Å². The molecule has 0 radical (unpaired) electrons. The van der Waals surface area contributed by atoms with Crippen molar-refractivity contribution in [1.29, 1.82) is 5.26 Å². The Bertz CT molecular complexity index is 385. The molecule has 0 saturated carbocycles. The van der Waals surface area contributed by atoms with Gasteiger partial charge in [0.1, 0.15) is 0 Å². The van der Waals surface area contributed by atoms with Crippen LogP contribution in [0, 0.1) is 11.3 Å². The summed E-state index contributed by atoms with van der Waals surface area (Å²) in [6.45, 7) is 5.60. The second-order valence-corrected chi connectivity index (χ2v) is 4.89. The predicted molar refractivity (Wildman–Crippen MR) is 73.2 cm³/mol. The van der Waals surface area contributed by atoms with Gasteiger partial charge in [-0.2, -0.15) is 5.26 Å². The molecule has 0 amide bonds. The predicted octanol–water partition coefficient (Wildman–Crippen LogP) is 2.13. The van der Waals surface area contributed by atoms with Gasteiger partial charge in [-0.1, -0.05) is 18.6 Å². The van der Waals surface area contributed by atoms with E-state index in [0.29, 0.717) is 0 Å². The van der Waals surface area contributed by atoms with Crippen molar-refractivity contribution >= 4 is 0 Å². The molecule has 1 aliphatic rings. The van der Waals surface area contributed by atoms with Gasteiger partial charge in [-0.15, -0.1) is 0 Å². The Morgan fingerprint density at radius 3 is 2.50 bits per heavy atom. The molecule has 96 valence electrons. The Labute approximate surface area is 109 Å².